The Morgan fingerprint density at radius 2 is 1.82 bits per heavy atom. The van der Waals surface area contributed by atoms with Gasteiger partial charge >= 0.3 is 0 Å². The van der Waals surface area contributed by atoms with Crippen molar-refractivity contribution in [1.29, 1.82) is 0 Å². The predicted octanol–water partition coefficient (Wildman–Crippen LogP) is 1.74. The Morgan fingerprint density at radius 3 is 2.50 bits per heavy atom. The SMILES string of the molecule is CN(C)C(=O)[C@@]12CN(Cc3ccccn3)C[C@@H]1CN(C(=O)c1ccccc1)C2. The number of benzene rings is 1. The molecule has 28 heavy (non-hydrogen) atoms. The molecule has 0 saturated carbocycles. The minimum absolute atomic E-state index is 0.0113. The summed E-state index contributed by atoms with van der Waals surface area (Å²) in [6.07, 6.45) is 1.80. The highest BCUT2D eigenvalue weighted by Crippen LogP contribution is 2.44. The summed E-state index contributed by atoms with van der Waals surface area (Å²) in [6.45, 7) is 3.28. The van der Waals surface area contributed by atoms with Gasteiger partial charge in [0, 0.05) is 64.5 Å². The van der Waals surface area contributed by atoms with Gasteiger partial charge in [0.1, 0.15) is 0 Å². The maximum Gasteiger partial charge on any atom is 0.253 e. The number of pyridine rings is 1. The van der Waals surface area contributed by atoms with Gasteiger partial charge in [0.15, 0.2) is 0 Å². The van der Waals surface area contributed by atoms with Crippen molar-refractivity contribution in [3.63, 3.8) is 0 Å². The fourth-order valence-electron chi connectivity index (χ4n) is 4.68. The molecule has 0 unspecified atom stereocenters. The largest absolute Gasteiger partial charge is 0.348 e. The Balaban J connectivity index is 1.55. The third-order valence-corrected chi connectivity index (χ3v) is 5.93. The summed E-state index contributed by atoms with van der Waals surface area (Å²) in [5.74, 6) is 0.264. The van der Waals surface area contributed by atoms with E-state index < -0.39 is 5.41 Å². The number of amides is 2. The zero-order valence-electron chi connectivity index (χ0n) is 16.4. The van der Waals surface area contributed by atoms with E-state index in [1.807, 2.05) is 53.4 Å². The van der Waals surface area contributed by atoms with E-state index in [0.717, 1.165) is 18.8 Å². The van der Waals surface area contributed by atoms with Crippen LogP contribution in [-0.2, 0) is 11.3 Å². The molecule has 0 spiro atoms. The van der Waals surface area contributed by atoms with Crippen molar-refractivity contribution in [2.75, 3.05) is 40.3 Å². The minimum Gasteiger partial charge on any atom is -0.348 e. The van der Waals surface area contributed by atoms with Crippen LogP contribution in [-0.4, -0.2) is 71.8 Å². The number of nitrogens with zero attached hydrogens (tertiary/aromatic N) is 4. The molecule has 2 amide bonds. The van der Waals surface area contributed by atoms with E-state index in [-0.39, 0.29) is 17.7 Å². The van der Waals surface area contributed by atoms with Crippen molar-refractivity contribution in [2.24, 2.45) is 11.3 Å². The molecule has 6 heteroatoms. The van der Waals surface area contributed by atoms with Gasteiger partial charge in [-0.1, -0.05) is 24.3 Å². The minimum atomic E-state index is -0.539. The Kier molecular flexibility index (Phi) is 4.89. The lowest BCUT2D eigenvalue weighted by molar-refractivity contribution is -0.139. The van der Waals surface area contributed by atoms with Crippen LogP contribution >= 0.6 is 0 Å². The van der Waals surface area contributed by atoms with Crippen molar-refractivity contribution in [3.05, 3.63) is 66.0 Å². The molecule has 1 aromatic heterocycles. The normalized spacial score (nSPS) is 24.2. The molecule has 2 aliphatic rings. The summed E-state index contributed by atoms with van der Waals surface area (Å²) in [7, 11) is 3.61. The van der Waals surface area contributed by atoms with Gasteiger partial charge in [-0.05, 0) is 24.3 Å². The molecule has 2 aliphatic heterocycles. The van der Waals surface area contributed by atoms with Gasteiger partial charge in [0.25, 0.3) is 5.91 Å². The van der Waals surface area contributed by atoms with Gasteiger partial charge in [-0.2, -0.15) is 0 Å². The summed E-state index contributed by atoms with van der Waals surface area (Å²) in [4.78, 5) is 36.4. The Morgan fingerprint density at radius 1 is 1.07 bits per heavy atom. The number of hydrogen-bond acceptors (Lipinski definition) is 4. The molecular weight excluding hydrogens is 352 g/mol. The molecule has 2 saturated heterocycles. The maximum atomic E-state index is 13.2. The summed E-state index contributed by atoms with van der Waals surface area (Å²) in [6, 6.07) is 15.2. The fraction of sp³-hybridized carbons (Fsp3) is 0.409. The lowest BCUT2D eigenvalue weighted by atomic mass is 9.80. The molecule has 0 aliphatic carbocycles. The van der Waals surface area contributed by atoms with Crippen LogP contribution in [0, 0.1) is 11.3 Å². The molecule has 2 fully saturated rings. The fourth-order valence-corrected chi connectivity index (χ4v) is 4.68. The first-order chi connectivity index (χ1) is 13.5. The van der Waals surface area contributed by atoms with Crippen LogP contribution in [0.5, 0.6) is 0 Å². The summed E-state index contributed by atoms with van der Waals surface area (Å²) >= 11 is 0. The predicted molar refractivity (Wildman–Crippen MR) is 106 cm³/mol. The number of carbonyl (C=O) groups is 2. The molecule has 2 aromatic rings. The quantitative estimate of drug-likeness (QED) is 0.813. The maximum absolute atomic E-state index is 13.2. The second-order valence-electron chi connectivity index (χ2n) is 8.10. The van der Waals surface area contributed by atoms with E-state index in [2.05, 4.69) is 9.88 Å². The van der Waals surface area contributed by atoms with Crippen LogP contribution < -0.4 is 0 Å². The Labute approximate surface area is 165 Å². The van der Waals surface area contributed by atoms with Crippen LogP contribution in [0.3, 0.4) is 0 Å². The van der Waals surface area contributed by atoms with Crippen LogP contribution in [0.15, 0.2) is 54.7 Å². The molecule has 4 rings (SSSR count). The van der Waals surface area contributed by atoms with Gasteiger partial charge in [0.05, 0.1) is 11.1 Å². The molecule has 1 aromatic carbocycles. The monoisotopic (exact) mass is 378 g/mol. The van der Waals surface area contributed by atoms with E-state index in [9.17, 15) is 9.59 Å². The van der Waals surface area contributed by atoms with E-state index >= 15 is 0 Å². The number of fused-ring (bicyclic) bond motifs is 1. The molecular formula is C22H26N4O2. The topological polar surface area (TPSA) is 56.8 Å². The zero-order chi connectivity index (χ0) is 19.7. The van der Waals surface area contributed by atoms with Gasteiger partial charge in [-0.15, -0.1) is 0 Å². The van der Waals surface area contributed by atoms with Gasteiger partial charge in [0.2, 0.25) is 5.91 Å². The van der Waals surface area contributed by atoms with Crippen LogP contribution in [0.25, 0.3) is 0 Å². The molecule has 3 heterocycles. The molecule has 0 bridgehead atoms. The average molecular weight is 378 g/mol. The first kappa shape index (κ1) is 18.6. The average Bonchev–Trinajstić information content (AvgIpc) is 3.23. The summed E-state index contributed by atoms with van der Waals surface area (Å²) in [5.41, 5.74) is 1.15. The molecule has 146 valence electrons. The van der Waals surface area contributed by atoms with Crippen molar-refractivity contribution < 1.29 is 9.59 Å². The number of carbonyl (C=O) groups excluding carboxylic acids is 2. The smallest absolute Gasteiger partial charge is 0.253 e. The number of rotatable bonds is 4. The van der Waals surface area contributed by atoms with Crippen molar-refractivity contribution in [1.82, 2.24) is 19.7 Å². The summed E-state index contributed by atoms with van der Waals surface area (Å²) in [5, 5.41) is 0. The second-order valence-corrected chi connectivity index (χ2v) is 8.10. The number of aromatic nitrogens is 1. The highest BCUT2D eigenvalue weighted by molar-refractivity contribution is 5.95. The van der Waals surface area contributed by atoms with E-state index in [1.54, 1.807) is 25.2 Å². The van der Waals surface area contributed by atoms with Crippen LogP contribution in [0.1, 0.15) is 16.1 Å². The van der Waals surface area contributed by atoms with Gasteiger partial charge in [-0.25, -0.2) is 0 Å². The Bertz CT molecular complexity index is 855. The number of hydrogen-bond donors (Lipinski definition) is 0. The van der Waals surface area contributed by atoms with Crippen molar-refractivity contribution in [3.8, 4) is 0 Å². The van der Waals surface area contributed by atoms with E-state index in [4.69, 9.17) is 0 Å². The lowest BCUT2D eigenvalue weighted by Gasteiger charge is -2.31. The third-order valence-electron chi connectivity index (χ3n) is 5.93. The van der Waals surface area contributed by atoms with Crippen molar-refractivity contribution in [2.45, 2.75) is 6.54 Å². The standard InChI is InChI=1S/C22H26N4O2/c1-24(2)21(28)22-15-25(14-19-10-6-7-11-23-19)12-18(22)13-26(16-22)20(27)17-8-4-3-5-9-17/h3-11,18H,12-16H2,1-2H3/t18-,22-/m1/s1. The van der Waals surface area contributed by atoms with Crippen LogP contribution in [0.4, 0.5) is 0 Å². The number of likely N-dealkylation sites (tertiary alicyclic amines) is 2. The van der Waals surface area contributed by atoms with Gasteiger partial charge in [-0.3, -0.25) is 19.5 Å². The van der Waals surface area contributed by atoms with Gasteiger partial charge < -0.3 is 9.80 Å². The molecule has 6 nitrogen and oxygen atoms in total. The highest BCUT2D eigenvalue weighted by atomic mass is 16.2. The van der Waals surface area contributed by atoms with Crippen molar-refractivity contribution >= 4 is 11.8 Å². The molecule has 0 N–H and O–H groups in total. The Hall–Kier alpha value is -2.73. The highest BCUT2D eigenvalue weighted by Gasteiger charge is 2.58. The third kappa shape index (κ3) is 3.29. The first-order valence-electron chi connectivity index (χ1n) is 9.68. The molecule has 2 atom stereocenters. The van der Waals surface area contributed by atoms with E-state index in [1.165, 1.54) is 0 Å². The van der Waals surface area contributed by atoms with E-state index in [0.29, 0.717) is 25.2 Å². The van der Waals surface area contributed by atoms with Crippen LogP contribution in [0.2, 0.25) is 0 Å². The zero-order valence-corrected chi connectivity index (χ0v) is 16.4. The summed E-state index contributed by atoms with van der Waals surface area (Å²) < 4.78 is 0. The lowest BCUT2D eigenvalue weighted by Crippen LogP contribution is -2.47. The molecule has 0 radical (unpaired) electrons. The second kappa shape index (κ2) is 7.36. The first-order valence-corrected chi connectivity index (χ1v) is 9.68.